The first kappa shape index (κ1) is 11.4. The second kappa shape index (κ2) is 4.84. The third-order valence-electron chi connectivity index (χ3n) is 4.24. The van der Waals surface area contributed by atoms with Crippen molar-refractivity contribution in [3.05, 3.63) is 0 Å². The van der Waals surface area contributed by atoms with Crippen molar-refractivity contribution in [2.24, 2.45) is 17.6 Å². The summed E-state index contributed by atoms with van der Waals surface area (Å²) in [5, 5.41) is 0. The Balaban J connectivity index is 1.87. The van der Waals surface area contributed by atoms with Crippen LogP contribution in [0.15, 0.2) is 0 Å². The molecule has 2 aliphatic rings. The van der Waals surface area contributed by atoms with E-state index in [2.05, 4.69) is 18.7 Å². The number of nitrogens with two attached hydrogens (primary N) is 1. The van der Waals surface area contributed by atoms with Crippen LogP contribution in [0.1, 0.15) is 46.0 Å². The highest BCUT2D eigenvalue weighted by Crippen LogP contribution is 2.32. The van der Waals surface area contributed by atoms with Crippen molar-refractivity contribution in [3.63, 3.8) is 0 Å². The molecule has 0 radical (unpaired) electrons. The average molecular weight is 210 g/mol. The van der Waals surface area contributed by atoms with E-state index >= 15 is 0 Å². The highest BCUT2D eigenvalue weighted by molar-refractivity contribution is 4.85. The number of hydrogen-bond donors (Lipinski definition) is 1. The maximum atomic E-state index is 5.95. The molecule has 1 saturated carbocycles. The van der Waals surface area contributed by atoms with Crippen LogP contribution in [0.25, 0.3) is 0 Å². The molecule has 1 aliphatic heterocycles. The van der Waals surface area contributed by atoms with Crippen LogP contribution in [0, 0.1) is 11.8 Å². The molecule has 2 heteroatoms. The Morgan fingerprint density at radius 3 is 2.00 bits per heavy atom. The van der Waals surface area contributed by atoms with Crippen molar-refractivity contribution in [1.29, 1.82) is 0 Å². The second-order valence-corrected chi connectivity index (χ2v) is 5.94. The number of hydrogen-bond acceptors (Lipinski definition) is 2. The SMILES string of the molecule is CC1CC(C)CC(N2CCC(N)CC2)C1. The molecule has 2 N–H and O–H groups in total. The van der Waals surface area contributed by atoms with Gasteiger partial charge in [-0.1, -0.05) is 13.8 Å². The van der Waals surface area contributed by atoms with E-state index in [0.717, 1.165) is 17.9 Å². The predicted molar refractivity (Wildman–Crippen MR) is 64.7 cm³/mol. The fourth-order valence-corrected chi connectivity index (χ4v) is 3.49. The molecule has 1 saturated heterocycles. The lowest BCUT2D eigenvalue weighted by Crippen LogP contribution is -2.47. The molecule has 2 unspecified atom stereocenters. The van der Waals surface area contributed by atoms with Gasteiger partial charge in [0.1, 0.15) is 0 Å². The zero-order valence-electron chi connectivity index (χ0n) is 10.3. The van der Waals surface area contributed by atoms with Crippen molar-refractivity contribution in [2.45, 2.75) is 58.0 Å². The molecule has 0 aromatic rings. The lowest BCUT2D eigenvalue weighted by Gasteiger charge is -2.42. The van der Waals surface area contributed by atoms with Gasteiger partial charge >= 0.3 is 0 Å². The number of rotatable bonds is 1. The smallest absolute Gasteiger partial charge is 0.0100 e. The molecule has 2 rings (SSSR count). The van der Waals surface area contributed by atoms with Crippen LogP contribution in [0.5, 0.6) is 0 Å². The summed E-state index contributed by atoms with van der Waals surface area (Å²) in [5.41, 5.74) is 5.95. The van der Waals surface area contributed by atoms with Crippen molar-refractivity contribution in [2.75, 3.05) is 13.1 Å². The number of piperidine rings is 1. The topological polar surface area (TPSA) is 29.3 Å². The molecular weight excluding hydrogens is 184 g/mol. The van der Waals surface area contributed by atoms with E-state index in [0.29, 0.717) is 6.04 Å². The van der Waals surface area contributed by atoms with Gasteiger partial charge in [-0.2, -0.15) is 0 Å². The third kappa shape index (κ3) is 2.94. The molecule has 2 atom stereocenters. The van der Waals surface area contributed by atoms with E-state index in [1.165, 1.54) is 45.2 Å². The summed E-state index contributed by atoms with van der Waals surface area (Å²) in [6.45, 7) is 7.31. The Kier molecular flexibility index (Phi) is 3.68. The summed E-state index contributed by atoms with van der Waals surface area (Å²) >= 11 is 0. The Morgan fingerprint density at radius 1 is 0.933 bits per heavy atom. The Labute approximate surface area is 94.2 Å². The van der Waals surface area contributed by atoms with Crippen LogP contribution in [0.3, 0.4) is 0 Å². The number of likely N-dealkylation sites (tertiary alicyclic amines) is 1. The zero-order chi connectivity index (χ0) is 10.8. The Bertz CT molecular complexity index is 187. The van der Waals surface area contributed by atoms with Gasteiger partial charge in [-0.15, -0.1) is 0 Å². The first-order chi connectivity index (χ1) is 7.15. The molecule has 0 aromatic heterocycles. The first-order valence-corrected chi connectivity index (χ1v) is 6.64. The maximum Gasteiger partial charge on any atom is 0.0100 e. The molecule has 0 spiro atoms. The average Bonchev–Trinajstić information content (AvgIpc) is 2.17. The second-order valence-electron chi connectivity index (χ2n) is 5.94. The summed E-state index contributed by atoms with van der Waals surface area (Å²) in [6.07, 6.45) is 6.68. The summed E-state index contributed by atoms with van der Waals surface area (Å²) in [5.74, 6) is 1.85. The van der Waals surface area contributed by atoms with E-state index in [9.17, 15) is 0 Å². The van der Waals surface area contributed by atoms with Gasteiger partial charge in [0, 0.05) is 12.1 Å². The van der Waals surface area contributed by atoms with Crippen LogP contribution >= 0.6 is 0 Å². The molecule has 2 fully saturated rings. The van der Waals surface area contributed by atoms with Gasteiger partial charge in [-0.25, -0.2) is 0 Å². The van der Waals surface area contributed by atoms with Gasteiger partial charge in [-0.3, -0.25) is 0 Å². The van der Waals surface area contributed by atoms with Crippen molar-refractivity contribution >= 4 is 0 Å². The van der Waals surface area contributed by atoms with Crippen LogP contribution in [0.2, 0.25) is 0 Å². The number of nitrogens with zero attached hydrogens (tertiary/aromatic N) is 1. The van der Waals surface area contributed by atoms with E-state index < -0.39 is 0 Å². The monoisotopic (exact) mass is 210 g/mol. The van der Waals surface area contributed by atoms with Crippen molar-refractivity contribution in [3.8, 4) is 0 Å². The molecule has 2 nitrogen and oxygen atoms in total. The van der Waals surface area contributed by atoms with E-state index in [-0.39, 0.29) is 0 Å². The zero-order valence-corrected chi connectivity index (χ0v) is 10.3. The largest absolute Gasteiger partial charge is 0.328 e. The molecular formula is C13H26N2. The van der Waals surface area contributed by atoms with Crippen LogP contribution in [0.4, 0.5) is 0 Å². The minimum Gasteiger partial charge on any atom is -0.328 e. The normalized spacial score (nSPS) is 40.6. The Morgan fingerprint density at radius 2 is 1.47 bits per heavy atom. The van der Waals surface area contributed by atoms with Crippen molar-refractivity contribution in [1.82, 2.24) is 4.90 Å². The summed E-state index contributed by atoms with van der Waals surface area (Å²) in [4.78, 5) is 2.70. The summed E-state index contributed by atoms with van der Waals surface area (Å²) < 4.78 is 0. The highest BCUT2D eigenvalue weighted by atomic mass is 15.2. The fraction of sp³-hybridized carbons (Fsp3) is 1.00. The van der Waals surface area contributed by atoms with Crippen LogP contribution in [-0.4, -0.2) is 30.1 Å². The molecule has 0 bridgehead atoms. The van der Waals surface area contributed by atoms with Crippen molar-refractivity contribution < 1.29 is 0 Å². The van der Waals surface area contributed by atoms with Gasteiger partial charge in [0.25, 0.3) is 0 Å². The lowest BCUT2D eigenvalue weighted by molar-refractivity contribution is 0.0867. The molecule has 15 heavy (non-hydrogen) atoms. The quantitative estimate of drug-likeness (QED) is 0.719. The van der Waals surface area contributed by atoms with Gasteiger partial charge < -0.3 is 10.6 Å². The van der Waals surface area contributed by atoms with Gasteiger partial charge in [0.05, 0.1) is 0 Å². The van der Waals surface area contributed by atoms with Gasteiger partial charge in [-0.05, 0) is 57.0 Å². The summed E-state index contributed by atoms with van der Waals surface area (Å²) in [6, 6.07) is 1.33. The molecule has 88 valence electrons. The van der Waals surface area contributed by atoms with E-state index in [1.807, 2.05) is 0 Å². The fourth-order valence-electron chi connectivity index (χ4n) is 3.49. The van der Waals surface area contributed by atoms with E-state index in [4.69, 9.17) is 5.73 Å². The molecule has 1 heterocycles. The molecule has 0 aromatic carbocycles. The maximum absolute atomic E-state index is 5.95. The summed E-state index contributed by atoms with van der Waals surface area (Å²) in [7, 11) is 0. The minimum atomic E-state index is 0.472. The predicted octanol–water partition coefficient (Wildman–Crippen LogP) is 2.23. The molecule has 1 aliphatic carbocycles. The standard InChI is InChI=1S/C13H26N2/c1-10-7-11(2)9-13(8-10)15-5-3-12(14)4-6-15/h10-13H,3-9,14H2,1-2H3. The minimum absolute atomic E-state index is 0.472. The Hall–Kier alpha value is -0.0800. The van der Waals surface area contributed by atoms with Gasteiger partial charge in [0.2, 0.25) is 0 Å². The van der Waals surface area contributed by atoms with Crippen LogP contribution in [-0.2, 0) is 0 Å². The molecule has 0 amide bonds. The van der Waals surface area contributed by atoms with Crippen LogP contribution < -0.4 is 5.73 Å². The van der Waals surface area contributed by atoms with E-state index in [1.54, 1.807) is 0 Å². The first-order valence-electron chi connectivity index (χ1n) is 6.64. The van der Waals surface area contributed by atoms with Gasteiger partial charge in [0.15, 0.2) is 0 Å². The third-order valence-corrected chi connectivity index (χ3v) is 4.24. The lowest BCUT2D eigenvalue weighted by atomic mass is 9.79. The highest BCUT2D eigenvalue weighted by Gasteiger charge is 2.29.